The normalized spacial score (nSPS) is 13.6. The van der Waals surface area contributed by atoms with Crippen molar-refractivity contribution < 1.29 is 28.7 Å². The van der Waals surface area contributed by atoms with Gasteiger partial charge in [-0.3, -0.25) is 19.2 Å². The predicted molar refractivity (Wildman–Crippen MR) is 266 cm³/mol. The number of nitrogens with one attached hydrogen (secondary N) is 2. The number of rotatable bonds is 29. The molecule has 0 bridgehead atoms. The maximum atomic E-state index is 12.9. The Morgan fingerprint density at radius 3 is 1.02 bits per heavy atom. The van der Waals surface area contributed by atoms with Gasteiger partial charge in [-0.1, -0.05) is 170 Å². The minimum atomic E-state index is -0.352. The maximum absolute atomic E-state index is 12.9. The fourth-order valence-electron chi connectivity index (χ4n) is 7.62. The largest absolute Gasteiger partial charge is 0.494 e. The molecule has 0 aliphatic heterocycles. The Balaban J connectivity index is 0.669. The molecule has 4 aromatic rings. The third-order valence-corrected chi connectivity index (χ3v) is 14.5. The van der Waals surface area contributed by atoms with E-state index >= 15 is 0 Å². The molecular weight excluding hydrogens is 884 g/mol. The second kappa shape index (κ2) is 26.5. The van der Waals surface area contributed by atoms with Crippen molar-refractivity contribution >= 4 is 79.3 Å². The summed E-state index contributed by atoms with van der Waals surface area (Å²) in [5.41, 5.74) is 2.90. The summed E-state index contributed by atoms with van der Waals surface area (Å²) in [6.45, 7) is 1.34. The molecule has 0 fully saturated rings. The number of ketones is 4. The molecule has 2 N–H and O–H groups in total. The van der Waals surface area contributed by atoms with Crippen LogP contribution in [-0.2, 0) is 0 Å². The number of benzene rings is 4. The molecule has 0 amide bonds. The van der Waals surface area contributed by atoms with E-state index in [0.717, 1.165) is 37.2 Å². The number of anilines is 2. The van der Waals surface area contributed by atoms with Crippen LogP contribution in [0.1, 0.15) is 144 Å². The highest BCUT2D eigenvalue weighted by molar-refractivity contribution is 8.76. The first-order chi connectivity index (χ1) is 31.3. The van der Waals surface area contributed by atoms with E-state index in [2.05, 4.69) is 10.6 Å². The second-order valence-corrected chi connectivity index (χ2v) is 19.5. The van der Waals surface area contributed by atoms with Crippen LogP contribution in [0, 0.1) is 0 Å². The number of halogens is 2. The zero-order valence-electron chi connectivity index (χ0n) is 36.4. The number of allylic oxidation sites excluding steroid dienone is 4. The number of hydrogen-bond donors (Lipinski definition) is 2. The fourth-order valence-corrected chi connectivity index (χ4v) is 10.4. The first-order valence-corrected chi connectivity index (χ1v) is 26.0. The molecule has 0 saturated carbocycles. The lowest BCUT2D eigenvalue weighted by molar-refractivity contribution is 0.0982. The van der Waals surface area contributed by atoms with Crippen molar-refractivity contribution in [2.24, 2.45) is 0 Å². The number of hydrogen-bond acceptors (Lipinski definition) is 10. The molecule has 0 radical (unpaired) electrons. The summed E-state index contributed by atoms with van der Waals surface area (Å²) < 4.78 is 11.9. The van der Waals surface area contributed by atoms with Crippen LogP contribution in [0.5, 0.6) is 11.5 Å². The molecule has 0 saturated heterocycles. The van der Waals surface area contributed by atoms with Crippen LogP contribution >= 0.6 is 44.8 Å². The molecule has 64 heavy (non-hydrogen) atoms. The molecule has 4 aromatic carbocycles. The highest BCUT2D eigenvalue weighted by atomic mass is 35.5. The van der Waals surface area contributed by atoms with Crippen molar-refractivity contribution in [2.45, 2.75) is 103 Å². The summed E-state index contributed by atoms with van der Waals surface area (Å²) in [4.78, 5) is 51.1. The van der Waals surface area contributed by atoms with Gasteiger partial charge in [-0.05, 0) is 74.2 Å². The summed E-state index contributed by atoms with van der Waals surface area (Å²) in [5, 5.41) is 5.87. The lowest BCUT2D eigenvalue weighted by Crippen LogP contribution is -2.24. The van der Waals surface area contributed by atoms with Gasteiger partial charge in [0, 0.05) is 45.1 Å². The molecule has 0 atom stereocenters. The van der Waals surface area contributed by atoms with Crippen molar-refractivity contribution in [1.29, 1.82) is 0 Å². The highest BCUT2D eigenvalue weighted by Gasteiger charge is 2.32. The Labute approximate surface area is 396 Å². The van der Waals surface area contributed by atoms with Crippen LogP contribution in [0.4, 0.5) is 11.4 Å². The van der Waals surface area contributed by atoms with E-state index in [-0.39, 0.29) is 44.6 Å². The van der Waals surface area contributed by atoms with Crippen molar-refractivity contribution in [2.75, 3.05) is 35.4 Å². The van der Waals surface area contributed by atoms with Gasteiger partial charge in [0.1, 0.15) is 33.0 Å². The van der Waals surface area contributed by atoms with E-state index in [1.54, 1.807) is 48.5 Å². The van der Waals surface area contributed by atoms with Gasteiger partial charge in [-0.25, -0.2) is 0 Å². The fraction of sp³-hybridized carbons (Fsp3) is 0.385. The van der Waals surface area contributed by atoms with E-state index in [4.69, 9.17) is 32.7 Å². The molecule has 12 heteroatoms. The van der Waals surface area contributed by atoms with Crippen LogP contribution in [0.3, 0.4) is 0 Å². The number of unbranched alkanes of at least 4 members (excludes halogenated alkanes) is 14. The summed E-state index contributed by atoms with van der Waals surface area (Å²) in [6, 6.07) is 28.2. The van der Waals surface area contributed by atoms with Crippen LogP contribution in [0.2, 0.25) is 0 Å². The van der Waals surface area contributed by atoms with Crippen LogP contribution < -0.4 is 20.1 Å². The first-order valence-electron chi connectivity index (χ1n) is 22.7. The number of ether oxygens (including phenoxy) is 2. The number of Topliss-reactive ketones (excluding diaryl/α,β-unsaturated/α-hetero) is 4. The first kappa shape index (κ1) is 49.0. The lowest BCUT2D eigenvalue weighted by Gasteiger charge is -2.19. The highest BCUT2D eigenvalue weighted by Crippen LogP contribution is 2.32. The number of carbonyl (C=O) groups is 4. The average Bonchev–Trinajstić information content (AvgIpc) is 3.32. The zero-order chi connectivity index (χ0) is 44.9. The third kappa shape index (κ3) is 14.5. The molecule has 8 nitrogen and oxygen atoms in total. The zero-order valence-corrected chi connectivity index (χ0v) is 39.5. The topological polar surface area (TPSA) is 111 Å². The molecule has 2 aliphatic rings. The Hall–Kier alpha value is -4.48. The molecule has 338 valence electrons. The minimum Gasteiger partial charge on any atom is -0.494 e. The smallest absolute Gasteiger partial charge is 0.211 e. The SMILES string of the molecule is O=C1C(Cl)=C(Nc2ccc(OCCCCCCCCCCSSCCCCCCCCCCOc3ccc(NC4=C(Cl)C(=O)c5ccccc5C4=O)cc3)cc2)C(=O)c2ccccc21. The van der Waals surface area contributed by atoms with Gasteiger partial charge in [0.25, 0.3) is 0 Å². The average molecular weight is 942 g/mol. The van der Waals surface area contributed by atoms with Gasteiger partial charge in [-0.2, -0.15) is 0 Å². The lowest BCUT2D eigenvalue weighted by atomic mass is 9.92. The summed E-state index contributed by atoms with van der Waals surface area (Å²) >= 11 is 12.6. The van der Waals surface area contributed by atoms with Gasteiger partial charge in [0.15, 0.2) is 0 Å². The second-order valence-electron chi connectivity index (χ2n) is 16.1. The monoisotopic (exact) mass is 940 g/mol. The number of carbonyl (C=O) groups excluding carboxylic acids is 4. The number of fused-ring (bicyclic) bond motifs is 2. The Kier molecular flexibility index (Phi) is 20.3. The Morgan fingerprint density at radius 2 is 0.672 bits per heavy atom. The minimum absolute atomic E-state index is 0.0942. The van der Waals surface area contributed by atoms with E-state index in [1.165, 1.54) is 88.6 Å². The quantitative estimate of drug-likeness (QED) is 0.0403. The van der Waals surface area contributed by atoms with Crippen LogP contribution in [-0.4, -0.2) is 47.9 Å². The standard InChI is InChI=1S/C52H58Cl2N2O6S2/c53-45-47(51(59)43-23-15-13-21-41(43)49(45)57)55-37-25-29-39(30-26-37)61-33-17-9-5-1-3-7-11-19-35-63-64-36-20-12-8-4-2-6-10-18-34-62-40-31-27-38(28-32-40)56-48-46(54)50(58)42-22-14-16-24-44(42)52(48)60/h13-16,21-32,55-56H,1-12,17-20,33-36H2. The molecule has 0 spiro atoms. The summed E-state index contributed by atoms with van der Waals surface area (Å²) in [7, 11) is 4.08. The van der Waals surface area contributed by atoms with E-state index in [1.807, 2.05) is 70.1 Å². The van der Waals surface area contributed by atoms with Crippen molar-refractivity contribution in [1.82, 2.24) is 0 Å². The molecule has 0 aromatic heterocycles. The summed E-state index contributed by atoms with van der Waals surface area (Å²) in [6.07, 6.45) is 19.9. The maximum Gasteiger partial charge on any atom is 0.211 e. The molecule has 2 aliphatic carbocycles. The molecule has 0 heterocycles. The van der Waals surface area contributed by atoms with Crippen molar-refractivity contribution in [3.05, 3.63) is 141 Å². The van der Waals surface area contributed by atoms with E-state index < -0.39 is 0 Å². The van der Waals surface area contributed by atoms with Gasteiger partial charge in [0.2, 0.25) is 23.1 Å². The third-order valence-electron chi connectivity index (χ3n) is 11.2. The molecular formula is C52H58Cl2N2O6S2. The van der Waals surface area contributed by atoms with Gasteiger partial charge >= 0.3 is 0 Å². The van der Waals surface area contributed by atoms with Gasteiger partial charge in [-0.15, -0.1) is 0 Å². The molecule has 6 rings (SSSR count). The Bertz CT molecular complexity index is 2100. The van der Waals surface area contributed by atoms with Gasteiger partial charge in [0.05, 0.1) is 13.2 Å². The Morgan fingerprint density at radius 1 is 0.375 bits per heavy atom. The van der Waals surface area contributed by atoms with Crippen molar-refractivity contribution in [3.8, 4) is 11.5 Å². The summed E-state index contributed by atoms with van der Waals surface area (Å²) in [5.74, 6) is 2.75. The van der Waals surface area contributed by atoms with Crippen LogP contribution in [0.15, 0.2) is 119 Å². The van der Waals surface area contributed by atoms with Gasteiger partial charge < -0.3 is 20.1 Å². The van der Waals surface area contributed by atoms with Crippen molar-refractivity contribution in [3.63, 3.8) is 0 Å². The predicted octanol–water partition coefficient (Wildman–Crippen LogP) is 14.7. The van der Waals surface area contributed by atoms with E-state index in [0.29, 0.717) is 46.8 Å². The molecule has 0 unspecified atom stereocenters. The van der Waals surface area contributed by atoms with Crippen LogP contribution in [0.25, 0.3) is 0 Å². The van der Waals surface area contributed by atoms with E-state index in [9.17, 15) is 19.2 Å².